The van der Waals surface area contributed by atoms with E-state index in [-0.39, 0.29) is 5.91 Å². The molecule has 2 saturated heterocycles. The van der Waals surface area contributed by atoms with Crippen LogP contribution in [0.2, 0.25) is 10.0 Å². The Morgan fingerprint density at radius 1 is 0.662 bits per heavy atom. The van der Waals surface area contributed by atoms with Gasteiger partial charge in [-0.05, 0) is 115 Å². The molecule has 0 radical (unpaired) electrons. The molecule has 7 aromatic rings. The molecule has 2 aliphatic rings. The molecule has 2 aliphatic heterocycles. The van der Waals surface area contributed by atoms with Crippen molar-refractivity contribution < 1.29 is 9.63 Å². The highest BCUT2D eigenvalue weighted by Crippen LogP contribution is 2.51. The van der Waals surface area contributed by atoms with Gasteiger partial charge in [-0.1, -0.05) is 216 Å². The minimum atomic E-state index is -0.452. The molecule has 4 atom stereocenters. The van der Waals surface area contributed by atoms with Crippen molar-refractivity contribution in [3.8, 4) is 0 Å². The van der Waals surface area contributed by atoms with Gasteiger partial charge in [-0.25, -0.2) is 0 Å². The van der Waals surface area contributed by atoms with Crippen LogP contribution < -0.4 is 5.32 Å². The van der Waals surface area contributed by atoms with E-state index in [9.17, 15) is 4.79 Å². The fourth-order valence-corrected chi connectivity index (χ4v) is 15.2. The molecule has 0 saturated carbocycles. The summed E-state index contributed by atoms with van der Waals surface area (Å²) in [6, 6.07) is 72.2. The number of benzene rings is 7. The Balaban J connectivity index is 0.935. The molecule has 9 rings (SSSR count). The van der Waals surface area contributed by atoms with Crippen LogP contribution in [0.5, 0.6) is 0 Å². The monoisotopic (exact) mass is 1060 g/mol. The molecule has 10 heteroatoms. The number of piperidine rings is 1. The van der Waals surface area contributed by atoms with E-state index in [0.717, 1.165) is 56.8 Å². The number of carbonyl (C=O) groups excluding carboxylic acids is 1. The zero-order valence-electron chi connectivity index (χ0n) is 42.4. The summed E-state index contributed by atoms with van der Waals surface area (Å²) >= 11 is 16.9. The number of nitrogens with zero attached hydrogens (tertiary/aromatic N) is 3. The van der Waals surface area contributed by atoms with Gasteiger partial charge in [-0.3, -0.25) is 14.6 Å². The van der Waals surface area contributed by atoms with Crippen molar-refractivity contribution in [1.82, 2.24) is 15.1 Å². The molecule has 2 unspecified atom stereocenters. The summed E-state index contributed by atoms with van der Waals surface area (Å²) in [7, 11) is 1.60. The number of rotatable bonds is 25. The first-order valence-corrected chi connectivity index (χ1v) is 29.0. The van der Waals surface area contributed by atoms with Gasteiger partial charge in [0, 0.05) is 42.9 Å². The first-order chi connectivity index (χ1) is 36.4. The van der Waals surface area contributed by atoms with Crippen LogP contribution in [-0.2, 0) is 19.1 Å². The van der Waals surface area contributed by atoms with E-state index in [1.807, 2.05) is 35.8 Å². The number of thioether (sulfide) groups is 2. The molecule has 7 aromatic carbocycles. The maximum Gasteiger partial charge on any atom is 0.234 e. The largest absolute Gasteiger partial charge is 0.399 e. The van der Waals surface area contributed by atoms with Crippen LogP contribution in [0.3, 0.4) is 0 Å². The molecule has 1 N–H and O–H groups in total. The van der Waals surface area contributed by atoms with E-state index >= 15 is 0 Å². The second-order valence-corrected chi connectivity index (χ2v) is 22.9. The van der Waals surface area contributed by atoms with Crippen LogP contribution in [0, 0.1) is 5.92 Å². The maximum atomic E-state index is 14.4. The summed E-state index contributed by atoms with van der Waals surface area (Å²) in [6.45, 7) is 3.43. The van der Waals surface area contributed by atoms with Gasteiger partial charge in [-0.2, -0.15) is 0 Å². The minimum absolute atomic E-state index is 0.0565. The van der Waals surface area contributed by atoms with Crippen LogP contribution in [-0.4, -0.2) is 85.3 Å². The van der Waals surface area contributed by atoms with Crippen molar-refractivity contribution in [2.24, 2.45) is 11.1 Å². The van der Waals surface area contributed by atoms with Gasteiger partial charge in [0.05, 0.1) is 26.1 Å². The molecule has 2 heterocycles. The lowest BCUT2D eigenvalue weighted by atomic mass is 9.74. The number of carbonyl (C=O) groups is 1. The average molecular weight is 1060 g/mol. The fourth-order valence-electron chi connectivity index (χ4n) is 11.9. The van der Waals surface area contributed by atoms with Crippen LogP contribution in [0.15, 0.2) is 205 Å². The van der Waals surface area contributed by atoms with E-state index in [2.05, 4.69) is 214 Å². The Morgan fingerprint density at radius 3 is 1.62 bits per heavy atom. The SMILES string of the molecule is CON=CCC[C@H]1C2CCC(C[C@H]1c1ccc(Cl)c(Cl)c1)N2CCCN(CCSC(c1ccccc1)(c1ccccc1)c1ccccc1)CC(=O)NCCSC(c1ccccc1)(c1ccccc1)c1ccccc1. The predicted molar refractivity (Wildman–Crippen MR) is 313 cm³/mol. The Labute approximate surface area is 458 Å². The van der Waals surface area contributed by atoms with Gasteiger partial charge in [0.15, 0.2) is 0 Å². The summed E-state index contributed by atoms with van der Waals surface area (Å²) in [5.41, 5.74) is 8.65. The lowest BCUT2D eigenvalue weighted by Crippen LogP contribution is -2.49. The van der Waals surface area contributed by atoms with Crippen molar-refractivity contribution in [3.63, 3.8) is 0 Å². The smallest absolute Gasteiger partial charge is 0.234 e. The quantitative estimate of drug-likeness (QED) is 0.0266. The van der Waals surface area contributed by atoms with Gasteiger partial charge in [0.2, 0.25) is 5.91 Å². The number of oxime groups is 1. The van der Waals surface area contributed by atoms with E-state index in [1.165, 1.54) is 51.8 Å². The van der Waals surface area contributed by atoms with Crippen LogP contribution in [0.1, 0.15) is 83.4 Å². The topological polar surface area (TPSA) is 57.2 Å². The molecular formula is C64H68Cl2N4O2S2. The Morgan fingerprint density at radius 2 is 1.15 bits per heavy atom. The third kappa shape index (κ3) is 12.5. The zero-order valence-corrected chi connectivity index (χ0v) is 45.5. The van der Waals surface area contributed by atoms with E-state index in [1.54, 1.807) is 7.11 Å². The first-order valence-electron chi connectivity index (χ1n) is 26.3. The van der Waals surface area contributed by atoms with Crippen LogP contribution >= 0.6 is 46.7 Å². The summed E-state index contributed by atoms with van der Waals surface area (Å²) < 4.78 is -0.898. The van der Waals surface area contributed by atoms with E-state index in [4.69, 9.17) is 28.0 Å². The van der Waals surface area contributed by atoms with Crippen LogP contribution in [0.25, 0.3) is 0 Å². The molecule has 1 amide bonds. The molecule has 0 aromatic heterocycles. The first kappa shape index (κ1) is 53.5. The van der Waals surface area contributed by atoms with E-state index < -0.39 is 9.49 Å². The Bertz CT molecular complexity index is 2640. The van der Waals surface area contributed by atoms with E-state index in [0.29, 0.717) is 47.1 Å². The number of fused-ring (bicyclic) bond motifs is 2. The molecular weight excluding hydrogens is 992 g/mol. The van der Waals surface area contributed by atoms with Crippen molar-refractivity contribution in [1.29, 1.82) is 0 Å². The number of hydrogen-bond donors (Lipinski definition) is 1. The summed E-state index contributed by atoms with van der Waals surface area (Å²) in [4.78, 5) is 24.6. The normalized spacial score (nSPS) is 17.9. The molecule has 6 nitrogen and oxygen atoms in total. The number of hydrogen-bond acceptors (Lipinski definition) is 7. The molecule has 74 heavy (non-hydrogen) atoms. The third-order valence-electron chi connectivity index (χ3n) is 15.2. The minimum Gasteiger partial charge on any atom is -0.399 e. The van der Waals surface area contributed by atoms with Crippen molar-refractivity contribution >= 4 is 58.8 Å². The fraction of sp³-hybridized carbons (Fsp3) is 0.312. The molecule has 382 valence electrons. The van der Waals surface area contributed by atoms with Crippen molar-refractivity contribution in [2.75, 3.05) is 51.3 Å². The Kier molecular flexibility index (Phi) is 19.1. The van der Waals surface area contributed by atoms with Crippen molar-refractivity contribution in [2.45, 2.75) is 66.0 Å². The van der Waals surface area contributed by atoms with Gasteiger partial charge in [0.25, 0.3) is 0 Å². The summed E-state index contributed by atoms with van der Waals surface area (Å²) in [6.07, 6.45) is 8.19. The summed E-state index contributed by atoms with van der Waals surface area (Å²) in [5.74, 6) is 2.44. The number of halogens is 2. The highest BCUT2D eigenvalue weighted by molar-refractivity contribution is 8.00. The van der Waals surface area contributed by atoms with Crippen molar-refractivity contribution in [3.05, 3.63) is 249 Å². The highest BCUT2D eigenvalue weighted by atomic mass is 35.5. The lowest BCUT2D eigenvalue weighted by molar-refractivity contribution is -0.122. The second kappa shape index (κ2) is 26.4. The highest BCUT2D eigenvalue weighted by Gasteiger charge is 2.47. The lowest BCUT2D eigenvalue weighted by Gasteiger charge is -2.45. The van der Waals surface area contributed by atoms with Gasteiger partial charge in [-0.15, -0.1) is 23.5 Å². The van der Waals surface area contributed by atoms with Gasteiger partial charge < -0.3 is 10.2 Å². The molecule has 2 fully saturated rings. The van der Waals surface area contributed by atoms with Crippen LogP contribution in [0.4, 0.5) is 0 Å². The van der Waals surface area contributed by atoms with Gasteiger partial charge >= 0.3 is 0 Å². The summed E-state index contributed by atoms with van der Waals surface area (Å²) in [5, 5.41) is 8.70. The molecule has 0 aliphatic carbocycles. The predicted octanol–water partition coefficient (Wildman–Crippen LogP) is 14.6. The standard InChI is InChI=1S/C64H68Cl2N4O2S2/c1-72-68-39-20-34-57-58(49-35-37-59(65)60(66)46-49)47-56-36-38-61(57)70(56)42-21-41-69(43-45-74-64(53-28-14-5-15-29-53,54-30-16-6-17-31-54)55-32-18-7-19-33-55)48-62(71)67-40-44-73-63(50-22-8-2-9-23-50,51-24-10-3-11-25-51)52-26-12-4-13-27-52/h2-19,22-33,35,37,39,46,56-58,61H,20-21,34,36,38,40-45,47-48H2,1H3,(H,67,71)/t56?,57-,58+,61?/m1/s1. The second-order valence-electron chi connectivity index (χ2n) is 19.5. The number of amides is 1. The molecule has 0 spiro atoms. The molecule has 2 bridgehead atoms. The average Bonchev–Trinajstić information content (AvgIpc) is 3.74. The Hall–Kier alpha value is -5.32. The zero-order chi connectivity index (χ0) is 51.0. The third-order valence-corrected chi connectivity index (χ3v) is 19.0. The van der Waals surface area contributed by atoms with Gasteiger partial charge in [0.1, 0.15) is 7.11 Å². The number of nitrogens with one attached hydrogen (secondary N) is 1. The maximum absolute atomic E-state index is 14.4.